The molecule has 94 valence electrons. The second-order valence-corrected chi connectivity index (χ2v) is 3.49. The van der Waals surface area contributed by atoms with E-state index in [1.807, 2.05) is 30.1 Å². The average Bonchev–Trinajstić information content (AvgIpc) is 2.86. The fraction of sp³-hybridized carbons (Fsp3) is 0.400. The first-order chi connectivity index (χ1) is 7.79. The summed E-state index contributed by atoms with van der Waals surface area (Å²) < 4.78 is 3.52. The summed E-state index contributed by atoms with van der Waals surface area (Å²) in [5.74, 6) is 0.801. The first-order valence-corrected chi connectivity index (χ1v) is 5.14. The number of halogens is 1. The number of anilines is 1. The van der Waals surface area contributed by atoms with Crippen LogP contribution in [0.5, 0.6) is 0 Å². The lowest BCUT2D eigenvalue weighted by Gasteiger charge is -2.03. The van der Waals surface area contributed by atoms with Crippen LogP contribution in [0.4, 0.5) is 5.82 Å². The molecule has 6 nitrogen and oxygen atoms in total. The minimum absolute atomic E-state index is 0. The number of aliphatic hydroxyl groups excluding tert-OH is 1. The van der Waals surface area contributed by atoms with Crippen molar-refractivity contribution < 1.29 is 5.11 Å². The molecule has 0 radical (unpaired) electrons. The van der Waals surface area contributed by atoms with Crippen LogP contribution in [-0.2, 0) is 20.1 Å². The van der Waals surface area contributed by atoms with Crippen LogP contribution in [0.3, 0.4) is 0 Å². The van der Waals surface area contributed by atoms with Gasteiger partial charge in [-0.05, 0) is 6.07 Å². The smallest absolute Gasteiger partial charge is 0.148 e. The van der Waals surface area contributed by atoms with Crippen LogP contribution >= 0.6 is 12.4 Å². The Balaban J connectivity index is 0.00000144. The fourth-order valence-corrected chi connectivity index (χ4v) is 1.44. The quantitative estimate of drug-likeness (QED) is 0.825. The molecule has 0 atom stereocenters. The predicted octanol–water partition coefficient (Wildman–Crippen LogP) is 0.643. The second kappa shape index (κ2) is 6.27. The molecule has 0 aliphatic rings. The Morgan fingerprint density at radius 2 is 2.24 bits per heavy atom. The van der Waals surface area contributed by atoms with Crippen molar-refractivity contribution in [3.8, 4) is 0 Å². The summed E-state index contributed by atoms with van der Waals surface area (Å²) in [5, 5.41) is 20.3. The van der Waals surface area contributed by atoms with Gasteiger partial charge in [0.05, 0.1) is 25.4 Å². The van der Waals surface area contributed by atoms with Crippen molar-refractivity contribution in [1.82, 2.24) is 19.6 Å². The Kier molecular flexibility index (Phi) is 4.99. The molecule has 0 spiro atoms. The van der Waals surface area contributed by atoms with Gasteiger partial charge in [-0.3, -0.25) is 9.36 Å². The van der Waals surface area contributed by atoms with Gasteiger partial charge >= 0.3 is 0 Å². The maximum atomic E-state index is 8.75. The largest absolute Gasteiger partial charge is 0.394 e. The van der Waals surface area contributed by atoms with E-state index in [1.165, 1.54) is 0 Å². The van der Waals surface area contributed by atoms with Crippen LogP contribution in [0.15, 0.2) is 24.5 Å². The number of hydrogen-bond donors (Lipinski definition) is 2. The Hall–Kier alpha value is -1.53. The third-order valence-corrected chi connectivity index (χ3v) is 2.34. The van der Waals surface area contributed by atoms with Gasteiger partial charge in [0, 0.05) is 25.5 Å². The van der Waals surface area contributed by atoms with Gasteiger partial charge in [-0.2, -0.15) is 10.2 Å². The minimum atomic E-state index is 0. The zero-order chi connectivity index (χ0) is 11.4. The number of aryl methyl sites for hydroxylation is 1. The highest BCUT2D eigenvalue weighted by atomic mass is 35.5. The van der Waals surface area contributed by atoms with Gasteiger partial charge in [0.15, 0.2) is 0 Å². The summed E-state index contributed by atoms with van der Waals surface area (Å²) in [6.07, 6.45) is 3.60. The zero-order valence-electron chi connectivity index (χ0n) is 9.58. The van der Waals surface area contributed by atoms with Gasteiger partial charge in [-0.1, -0.05) is 0 Å². The van der Waals surface area contributed by atoms with Crippen molar-refractivity contribution in [2.45, 2.75) is 13.1 Å². The Labute approximate surface area is 106 Å². The van der Waals surface area contributed by atoms with Crippen molar-refractivity contribution in [1.29, 1.82) is 0 Å². The molecule has 0 amide bonds. The molecule has 0 aliphatic carbocycles. The molecule has 7 heteroatoms. The van der Waals surface area contributed by atoms with Gasteiger partial charge in [0.25, 0.3) is 0 Å². The van der Waals surface area contributed by atoms with Crippen molar-refractivity contribution in [2.24, 2.45) is 7.05 Å². The SMILES string of the molecule is Cl.Cn1nccc1CNc1ccn(CCO)n1. The summed E-state index contributed by atoms with van der Waals surface area (Å²) >= 11 is 0. The van der Waals surface area contributed by atoms with Crippen molar-refractivity contribution >= 4 is 18.2 Å². The zero-order valence-corrected chi connectivity index (χ0v) is 10.4. The molecule has 0 saturated carbocycles. The molecule has 0 unspecified atom stereocenters. The van der Waals surface area contributed by atoms with E-state index in [4.69, 9.17) is 5.11 Å². The maximum Gasteiger partial charge on any atom is 0.148 e. The Morgan fingerprint density at radius 3 is 2.88 bits per heavy atom. The highest BCUT2D eigenvalue weighted by Crippen LogP contribution is 2.05. The van der Waals surface area contributed by atoms with Crippen LogP contribution in [-0.4, -0.2) is 31.3 Å². The van der Waals surface area contributed by atoms with Gasteiger partial charge in [0.2, 0.25) is 0 Å². The predicted molar refractivity (Wildman–Crippen MR) is 67.1 cm³/mol. The maximum absolute atomic E-state index is 8.75. The number of nitrogens with zero attached hydrogens (tertiary/aromatic N) is 4. The summed E-state index contributed by atoms with van der Waals surface area (Å²) in [5.41, 5.74) is 1.09. The first-order valence-electron chi connectivity index (χ1n) is 5.14. The molecule has 2 rings (SSSR count). The van der Waals surface area contributed by atoms with E-state index >= 15 is 0 Å². The van der Waals surface area contributed by atoms with Gasteiger partial charge in [0.1, 0.15) is 5.82 Å². The number of aliphatic hydroxyl groups is 1. The van der Waals surface area contributed by atoms with E-state index in [0.717, 1.165) is 11.5 Å². The first kappa shape index (κ1) is 13.5. The molecule has 2 aromatic rings. The molecule has 0 fully saturated rings. The lowest BCUT2D eigenvalue weighted by atomic mass is 10.4. The Bertz CT molecular complexity index is 453. The summed E-state index contributed by atoms with van der Waals surface area (Å²) in [4.78, 5) is 0. The van der Waals surface area contributed by atoms with E-state index in [2.05, 4.69) is 15.5 Å². The molecule has 2 N–H and O–H groups in total. The van der Waals surface area contributed by atoms with E-state index in [9.17, 15) is 0 Å². The molecule has 2 aromatic heterocycles. The number of aromatic nitrogens is 4. The summed E-state index contributed by atoms with van der Waals surface area (Å²) in [6.45, 7) is 1.31. The third kappa shape index (κ3) is 3.47. The highest BCUT2D eigenvalue weighted by molar-refractivity contribution is 5.85. The molecule has 0 bridgehead atoms. The van der Waals surface area contributed by atoms with Crippen LogP contribution in [0, 0.1) is 0 Å². The van der Waals surface area contributed by atoms with Crippen LogP contribution < -0.4 is 5.32 Å². The number of rotatable bonds is 5. The van der Waals surface area contributed by atoms with Crippen molar-refractivity contribution in [3.63, 3.8) is 0 Å². The summed E-state index contributed by atoms with van der Waals surface area (Å²) in [6, 6.07) is 3.84. The Morgan fingerprint density at radius 1 is 1.41 bits per heavy atom. The van der Waals surface area contributed by atoms with E-state index < -0.39 is 0 Å². The molecule has 2 heterocycles. The van der Waals surface area contributed by atoms with Crippen molar-refractivity contribution in [2.75, 3.05) is 11.9 Å². The second-order valence-electron chi connectivity index (χ2n) is 3.49. The molecule has 17 heavy (non-hydrogen) atoms. The fourth-order valence-electron chi connectivity index (χ4n) is 1.44. The monoisotopic (exact) mass is 257 g/mol. The third-order valence-electron chi connectivity index (χ3n) is 2.34. The van der Waals surface area contributed by atoms with Gasteiger partial charge < -0.3 is 10.4 Å². The lowest BCUT2D eigenvalue weighted by molar-refractivity contribution is 0.269. The molecule has 0 aromatic carbocycles. The van der Waals surface area contributed by atoms with Gasteiger partial charge in [-0.25, -0.2) is 0 Å². The minimum Gasteiger partial charge on any atom is -0.394 e. The van der Waals surface area contributed by atoms with Crippen LogP contribution in [0.25, 0.3) is 0 Å². The highest BCUT2D eigenvalue weighted by Gasteiger charge is 2.00. The lowest BCUT2D eigenvalue weighted by Crippen LogP contribution is -2.07. The van der Waals surface area contributed by atoms with Gasteiger partial charge in [-0.15, -0.1) is 12.4 Å². The molecule has 0 saturated heterocycles. The molecular formula is C10H16ClN5O. The van der Waals surface area contributed by atoms with E-state index in [-0.39, 0.29) is 19.0 Å². The van der Waals surface area contributed by atoms with Crippen LogP contribution in [0.1, 0.15) is 5.69 Å². The number of nitrogens with one attached hydrogen (secondary N) is 1. The van der Waals surface area contributed by atoms with E-state index in [0.29, 0.717) is 13.1 Å². The van der Waals surface area contributed by atoms with Crippen molar-refractivity contribution in [3.05, 3.63) is 30.2 Å². The molecular weight excluding hydrogens is 242 g/mol. The number of hydrogen-bond acceptors (Lipinski definition) is 4. The van der Waals surface area contributed by atoms with Crippen LogP contribution in [0.2, 0.25) is 0 Å². The summed E-state index contributed by atoms with van der Waals surface area (Å²) in [7, 11) is 1.90. The average molecular weight is 258 g/mol. The topological polar surface area (TPSA) is 67.9 Å². The van der Waals surface area contributed by atoms with E-state index in [1.54, 1.807) is 10.9 Å². The molecule has 0 aliphatic heterocycles. The standard InChI is InChI=1S/C10H15N5O.ClH/c1-14-9(2-4-12-14)8-11-10-3-5-15(13-10)6-7-16;/h2-5,16H,6-8H2,1H3,(H,11,13);1H. The normalized spacial score (nSPS) is 10.0.